The van der Waals surface area contributed by atoms with Gasteiger partial charge in [-0.15, -0.1) is 0 Å². The average Bonchev–Trinajstić information content (AvgIpc) is 2.55. The maximum absolute atomic E-state index is 12.9. The fourth-order valence-corrected chi connectivity index (χ4v) is 1.62. The molecule has 0 radical (unpaired) electrons. The Hall–Kier alpha value is -1.31. The molecule has 1 aliphatic rings. The van der Waals surface area contributed by atoms with E-state index >= 15 is 0 Å². The highest BCUT2D eigenvalue weighted by Gasteiger charge is 2.64. The second-order valence-corrected chi connectivity index (χ2v) is 4.96. The van der Waals surface area contributed by atoms with Gasteiger partial charge in [-0.2, -0.15) is 18.3 Å². The summed E-state index contributed by atoms with van der Waals surface area (Å²) in [6.07, 6.45) is -3.36. The number of ether oxygens (including phenoxy) is 1. The first-order valence-corrected chi connectivity index (χ1v) is 5.92. The third-order valence-corrected chi connectivity index (χ3v) is 2.49. The molecule has 0 spiro atoms. The summed E-state index contributed by atoms with van der Waals surface area (Å²) in [6, 6.07) is -0.964. The van der Waals surface area contributed by atoms with Crippen molar-refractivity contribution in [3.63, 3.8) is 0 Å². The second-order valence-electron chi connectivity index (χ2n) is 4.96. The third-order valence-electron chi connectivity index (χ3n) is 2.49. The zero-order chi connectivity index (χ0) is 14.8. The summed E-state index contributed by atoms with van der Waals surface area (Å²) in [5.74, 6) is 0.111. The standard InChI is InChI=1S/C11H18F3N3O2/c1-7(2)5-15-16-9-17(8(3)4)10(18,6-19-9)11(12,13)14/h5,7-8,18H,6H2,1-4H3/b15-5+,16-9-. The van der Waals surface area contributed by atoms with Crippen LogP contribution in [0.3, 0.4) is 0 Å². The van der Waals surface area contributed by atoms with E-state index in [4.69, 9.17) is 4.74 Å². The van der Waals surface area contributed by atoms with Crippen molar-refractivity contribution in [1.82, 2.24) is 4.90 Å². The third kappa shape index (κ3) is 3.17. The molecule has 8 heteroatoms. The first-order valence-electron chi connectivity index (χ1n) is 5.92. The maximum atomic E-state index is 12.9. The Morgan fingerprint density at radius 3 is 2.37 bits per heavy atom. The number of rotatable bonds is 3. The van der Waals surface area contributed by atoms with E-state index in [-0.39, 0.29) is 11.9 Å². The molecule has 0 amide bonds. The van der Waals surface area contributed by atoms with Crippen molar-refractivity contribution in [2.24, 2.45) is 16.1 Å². The van der Waals surface area contributed by atoms with E-state index in [1.807, 2.05) is 13.8 Å². The van der Waals surface area contributed by atoms with Crippen molar-refractivity contribution in [2.45, 2.75) is 45.6 Å². The summed E-state index contributed by atoms with van der Waals surface area (Å²) in [6.45, 7) is 5.81. The highest BCUT2D eigenvalue weighted by atomic mass is 19.4. The molecule has 1 N–H and O–H groups in total. The van der Waals surface area contributed by atoms with Crippen LogP contribution >= 0.6 is 0 Å². The smallest absolute Gasteiger partial charge is 0.440 e. The quantitative estimate of drug-likeness (QED) is 0.635. The molecule has 1 rings (SSSR count). The number of nitrogens with zero attached hydrogens (tertiary/aromatic N) is 3. The van der Waals surface area contributed by atoms with Gasteiger partial charge in [0.2, 0.25) is 0 Å². The van der Waals surface area contributed by atoms with Gasteiger partial charge in [-0.3, -0.25) is 4.90 Å². The van der Waals surface area contributed by atoms with Gasteiger partial charge in [0.15, 0.2) is 0 Å². The van der Waals surface area contributed by atoms with Crippen LogP contribution in [0.25, 0.3) is 0 Å². The van der Waals surface area contributed by atoms with Crippen molar-refractivity contribution in [3.05, 3.63) is 0 Å². The van der Waals surface area contributed by atoms with Crippen molar-refractivity contribution in [1.29, 1.82) is 0 Å². The zero-order valence-electron chi connectivity index (χ0n) is 11.3. The van der Waals surface area contributed by atoms with E-state index in [9.17, 15) is 18.3 Å². The monoisotopic (exact) mass is 281 g/mol. The Kier molecular flexibility index (Phi) is 4.44. The number of hydrogen-bond acceptors (Lipinski definition) is 4. The van der Waals surface area contributed by atoms with Crippen LogP contribution in [0, 0.1) is 5.92 Å². The molecule has 110 valence electrons. The van der Waals surface area contributed by atoms with Crippen molar-refractivity contribution in [2.75, 3.05) is 6.61 Å². The molecule has 1 unspecified atom stereocenters. The van der Waals surface area contributed by atoms with Gasteiger partial charge in [0.25, 0.3) is 5.72 Å². The van der Waals surface area contributed by atoms with Gasteiger partial charge in [0.05, 0.1) is 0 Å². The molecule has 1 aliphatic heterocycles. The van der Waals surface area contributed by atoms with Crippen LogP contribution in [0.1, 0.15) is 27.7 Å². The largest absolute Gasteiger partial charge is 0.458 e. The molecule has 1 heterocycles. The summed E-state index contributed by atoms with van der Waals surface area (Å²) >= 11 is 0. The van der Waals surface area contributed by atoms with Gasteiger partial charge in [-0.25, -0.2) is 0 Å². The molecule has 1 saturated heterocycles. The fraction of sp³-hybridized carbons (Fsp3) is 0.818. The van der Waals surface area contributed by atoms with Crippen molar-refractivity contribution >= 4 is 12.2 Å². The minimum Gasteiger partial charge on any atom is -0.458 e. The molecule has 0 aromatic rings. The predicted molar refractivity (Wildman–Crippen MR) is 64.7 cm³/mol. The van der Waals surface area contributed by atoms with Crippen LogP contribution in [0.5, 0.6) is 0 Å². The predicted octanol–water partition coefficient (Wildman–Crippen LogP) is 1.98. The highest BCUT2D eigenvalue weighted by Crippen LogP contribution is 2.39. The summed E-state index contributed by atoms with van der Waals surface area (Å²) in [5, 5.41) is 17.0. The van der Waals surface area contributed by atoms with E-state index < -0.39 is 24.6 Å². The Morgan fingerprint density at radius 2 is 1.95 bits per heavy atom. The van der Waals surface area contributed by atoms with Crippen molar-refractivity contribution in [3.8, 4) is 0 Å². The van der Waals surface area contributed by atoms with Gasteiger partial charge in [0.1, 0.15) is 6.61 Å². The summed E-state index contributed by atoms with van der Waals surface area (Å²) in [4.78, 5) is 0.685. The van der Waals surface area contributed by atoms with Crippen LogP contribution in [0.2, 0.25) is 0 Å². The minimum atomic E-state index is -4.84. The molecule has 0 bridgehead atoms. The number of halogens is 3. The molecule has 1 fully saturated rings. The molecule has 0 aromatic heterocycles. The normalized spacial score (nSPS) is 27.1. The number of alkyl halides is 3. The molecule has 0 aromatic carbocycles. The zero-order valence-corrected chi connectivity index (χ0v) is 11.3. The Balaban J connectivity index is 3.05. The maximum Gasteiger partial charge on any atom is 0.440 e. The van der Waals surface area contributed by atoms with Crippen LogP contribution in [-0.4, -0.2) is 46.8 Å². The van der Waals surface area contributed by atoms with Gasteiger partial charge in [0, 0.05) is 12.3 Å². The summed E-state index contributed by atoms with van der Waals surface area (Å²) < 4.78 is 43.6. The fourth-order valence-electron chi connectivity index (χ4n) is 1.62. The number of aliphatic hydroxyl groups is 1. The lowest BCUT2D eigenvalue weighted by atomic mass is 10.1. The van der Waals surface area contributed by atoms with E-state index in [0.717, 1.165) is 0 Å². The summed E-state index contributed by atoms with van der Waals surface area (Å²) in [5.41, 5.74) is -3.06. The van der Waals surface area contributed by atoms with Crippen LogP contribution < -0.4 is 0 Å². The Labute approximate surface area is 109 Å². The molecular weight excluding hydrogens is 263 g/mol. The first-order chi connectivity index (χ1) is 8.59. The molecule has 19 heavy (non-hydrogen) atoms. The molecular formula is C11H18F3N3O2. The minimum absolute atomic E-state index is 0.111. The first kappa shape index (κ1) is 15.7. The van der Waals surface area contributed by atoms with E-state index in [1.54, 1.807) is 0 Å². The van der Waals surface area contributed by atoms with Crippen molar-refractivity contribution < 1.29 is 23.0 Å². The molecule has 1 atom stereocenters. The van der Waals surface area contributed by atoms with E-state index in [2.05, 4.69) is 10.2 Å². The number of amidine groups is 1. The molecule has 5 nitrogen and oxygen atoms in total. The van der Waals surface area contributed by atoms with E-state index in [1.165, 1.54) is 20.1 Å². The average molecular weight is 281 g/mol. The van der Waals surface area contributed by atoms with E-state index in [0.29, 0.717) is 4.90 Å². The second kappa shape index (κ2) is 5.36. The molecule has 0 saturated carbocycles. The summed E-state index contributed by atoms with van der Waals surface area (Å²) in [7, 11) is 0. The van der Waals surface area contributed by atoms with Crippen LogP contribution in [0.4, 0.5) is 13.2 Å². The number of hydrogen-bond donors (Lipinski definition) is 1. The Bertz CT molecular complexity index is 380. The Morgan fingerprint density at radius 1 is 1.37 bits per heavy atom. The van der Waals surface area contributed by atoms with Gasteiger partial charge in [-0.1, -0.05) is 18.9 Å². The lowest BCUT2D eigenvalue weighted by Crippen LogP contribution is -2.60. The lowest BCUT2D eigenvalue weighted by Gasteiger charge is -2.35. The van der Waals surface area contributed by atoms with Gasteiger partial charge in [-0.05, 0) is 19.8 Å². The topological polar surface area (TPSA) is 57.4 Å². The van der Waals surface area contributed by atoms with Crippen LogP contribution in [-0.2, 0) is 4.74 Å². The molecule has 0 aliphatic carbocycles. The lowest BCUT2D eigenvalue weighted by molar-refractivity contribution is -0.300. The SMILES string of the molecule is CC(C)/C=N/N=C1\OCC(O)(C(F)(F)F)N1C(C)C. The van der Waals surface area contributed by atoms with Gasteiger partial charge >= 0.3 is 12.2 Å². The highest BCUT2D eigenvalue weighted by molar-refractivity contribution is 5.77. The van der Waals surface area contributed by atoms with Crippen LogP contribution in [0.15, 0.2) is 10.2 Å². The van der Waals surface area contributed by atoms with Gasteiger partial charge < -0.3 is 9.84 Å².